The Labute approximate surface area is 217 Å². The molecule has 2 rings (SSSR count). The van der Waals surface area contributed by atoms with Crippen LogP contribution in [0, 0.1) is 0 Å². The van der Waals surface area contributed by atoms with Gasteiger partial charge < -0.3 is 37.0 Å². The van der Waals surface area contributed by atoms with E-state index in [1.54, 1.807) is 0 Å². The standard InChI is InChI=1S/C20H30N6O11S/c1-9(20(33)34)22-18(31)13-3-2-6-26(13)19(32)12(8-38(35,36)37)25-17(30)11(7-14(21)27)24-16(29)10-4-5-15(28)23-10/h9-13H,2-8H2,1H3,(H2,21,27)(H,22,31)(H,23,28)(H,24,29)(H,25,30)(H,33,34)(H,35,36,37)/t9?,10-,11-,12-,13-/m0/s1. The highest BCUT2D eigenvalue weighted by molar-refractivity contribution is 7.85. The summed E-state index contributed by atoms with van der Waals surface area (Å²) in [5.74, 6) is -7.97. The van der Waals surface area contributed by atoms with Gasteiger partial charge in [0, 0.05) is 13.0 Å². The summed E-state index contributed by atoms with van der Waals surface area (Å²) in [5.41, 5.74) is 5.15. The Morgan fingerprint density at radius 1 is 1.08 bits per heavy atom. The fourth-order valence-corrected chi connectivity index (χ4v) is 4.67. The predicted octanol–water partition coefficient (Wildman–Crippen LogP) is -4.42. The van der Waals surface area contributed by atoms with E-state index in [-0.39, 0.29) is 25.8 Å². The minimum Gasteiger partial charge on any atom is -0.480 e. The van der Waals surface area contributed by atoms with E-state index in [9.17, 15) is 46.5 Å². The molecule has 0 radical (unpaired) electrons. The molecule has 6 amide bonds. The second kappa shape index (κ2) is 12.6. The van der Waals surface area contributed by atoms with Gasteiger partial charge in [0.15, 0.2) is 0 Å². The lowest BCUT2D eigenvalue weighted by molar-refractivity contribution is -0.144. The zero-order valence-corrected chi connectivity index (χ0v) is 21.2. The summed E-state index contributed by atoms with van der Waals surface area (Å²) in [6.45, 7) is 1.16. The van der Waals surface area contributed by atoms with Crippen molar-refractivity contribution in [3.63, 3.8) is 0 Å². The smallest absolute Gasteiger partial charge is 0.325 e. The Morgan fingerprint density at radius 3 is 2.26 bits per heavy atom. The first kappa shape index (κ1) is 30.4. The highest BCUT2D eigenvalue weighted by Gasteiger charge is 2.41. The number of hydrogen-bond donors (Lipinski definition) is 7. The Balaban J connectivity index is 2.22. The number of amides is 6. The summed E-state index contributed by atoms with van der Waals surface area (Å²) in [4.78, 5) is 86.0. The van der Waals surface area contributed by atoms with Gasteiger partial charge in [-0.1, -0.05) is 0 Å². The molecule has 0 spiro atoms. The highest BCUT2D eigenvalue weighted by atomic mass is 32.2. The number of rotatable bonds is 12. The van der Waals surface area contributed by atoms with Gasteiger partial charge in [0.2, 0.25) is 35.4 Å². The lowest BCUT2D eigenvalue weighted by atomic mass is 10.1. The zero-order chi connectivity index (χ0) is 28.8. The summed E-state index contributed by atoms with van der Waals surface area (Å²) < 4.78 is 32.6. The van der Waals surface area contributed by atoms with Gasteiger partial charge in [-0.15, -0.1) is 0 Å². The lowest BCUT2D eigenvalue weighted by Gasteiger charge is -2.29. The van der Waals surface area contributed by atoms with Gasteiger partial charge in [-0.05, 0) is 26.2 Å². The van der Waals surface area contributed by atoms with E-state index < -0.39 is 93.9 Å². The Hall–Kier alpha value is -3.80. The molecule has 0 bridgehead atoms. The van der Waals surface area contributed by atoms with Gasteiger partial charge >= 0.3 is 5.97 Å². The van der Waals surface area contributed by atoms with Crippen molar-refractivity contribution in [1.29, 1.82) is 0 Å². The Kier molecular flexibility index (Phi) is 10.1. The molecular formula is C20H30N6O11S. The zero-order valence-electron chi connectivity index (χ0n) is 20.3. The molecule has 0 aromatic heterocycles. The summed E-state index contributed by atoms with van der Waals surface area (Å²) in [6.07, 6.45) is -0.147. The van der Waals surface area contributed by atoms with Crippen LogP contribution >= 0.6 is 0 Å². The number of aliphatic carboxylic acids is 1. The summed E-state index contributed by atoms with van der Waals surface area (Å²) >= 11 is 0. The molecule has 2 saturated heterocycles. The minimum atomic E-state index is -4.87. The van der Waals surface area contributed by atoms with E-state index in [4.69, 9.17) is 10.8 Å². The summed E-state index contributed by atoms with van der Waals surface area (Å²) in [5, 5.41) is 17.9. The maximum absolute atomic E-state index is 13.2. The number of carboxylic acid groups (broad SMARTS) is 1. The minimum absolute atomic E-state index is 0.0426. The normalized spacial score (nSPS) is 21.5. The Bertz CT molecular complexity index is 1110. The molecule has 5 atom stereocenters. The predicted molar refractivity (Wildman–Crippen MR) is 125 cm³/mol. The third kappa shape index (κ3) is 8.65. The first-order valence-electron chi connectivity index (χ1n) is 11.6. The van der Waals surface area contributed by atoms with E-state index in [1.807, 2.05) is 0 Å². The number of primary amides is 1. The summed E-state index contributed by atoms with van der Waals surface area (Å²) in [6, 6.07) is -7.06. The van der Waals surface area contributed by atoms with Gasteiger partial charge in [-0.25, -0.2) is 0 Å². The molecule has 17 nitrogen and oxygen atoms in total. The van der Waals surface area contributed by atoms with Crippen LogP contribution in [0.25, 0.3) is 0 Å². The van der Waals surface area contributed by atoms with Crippen molar-refractivity contribution in [2.75, 3.05) is 12.3 Å². The topological polar surface area (TPSA) is 271 Å². The molecule has 0 aromatic carbocycles. The number of nitrogens with zero attached hydrogens (tertiary/aromatic N) is 1. The molecule has 212 valence electrons. The van der Waals surface area contributed by atoms with Crippen LogP contribution in [0.3, 0.4) is 0 Å². The third-order valence-corrected chi connectivity index (χ3v) is 6.66. The maximum atomic E-state index is 13.2. The molecule has 1 unspecified atom stereocenters. The molecule has 8 N–H and O–H groups in total. The van der Waals surface area contributed by atoms with Crippen molar-refractivity contribution in [3.8, 4) is 0 Å². The number of likely N-dealkylation sites (tertiary alicyclic amines) is 1. The van der Waals surface area contributed by atoms with Crippen molar-refractivity contribution in [3.05, 3.63) is 0 Å². The van der Waals surface area contributed by atoms with E-state index in [2.05, 4.69) is 21.3 Å². The van der Waals surface area contributed by atoms with Crippen molar-refractivity contribution in [2.45, 2.75) is 69.2 Å². The fraction of sp³-hybridized carbons (Fsp3) is 0.650. The molecule has 0 aliphatic carbocycles. The second-order valence-corrected chi connectivity index (χ2v) is 10.5. The lowest BCUT2D eigenvalue weighted by Crippen LogP contribution is -2.60. The maximum Gasteiger partial charge on any atom is 0.325 e. The van der Waals surface area contributed by atoms with Gasteiger partial charge in [0.25, 0.3) is 10.1 Å². The molecule has 2 fully saturated rings. The number of carbonyl (C=O) groups excluding carboxylic acids is 6. The Morgan fingerprint density at radius 2 is 1.74 bits per heavy atom. The van der Waals surface area contributed by atoms with Gasteiger partial charge in [-0.2, -0.15) is 8.42 Å². The van der Waals surface area contributed by atoms with Crippen LogP contribution in [0.2, 0.25) is 0 Å². The van der Waals surface area contributed by atoms with Gasteiger partial charge in [0.05, 0.1) is 6.42 Å². The first-order chi connectivity index (χ1) is 17.6. The van der Waals surface area contributed by atoms with Gasteiger partial charge in [0.1, 0.15) is 36.0 Å². The average molecular weight is 563 g/mol. The monoisotopic (exact) mass is 562 g/mol. The molecule has 0 aromatic rings. The summed E-state index contributed by atoms with van der Waals surface area (Å²) in [7, 11) is -4.87. The molecule has 2 heterocycles. The molecule has 2 aliphatic rings. The quantitative estimate of drug-likeness (QED) is 0.111. The van der Waals surface area contributed by atoms with Crippen LogP contribution in [0.15, 0.2) is 0 Å². The number of nitrogens with two attached hydrogens (primary N) is 1. The van der Waals surface area contributed by atoms with Crippen molar-refractivity contribution >= 4 is 51.5 Å². The van der Waals surface area contributed by atoms with E-state index in [0.717, 1.165) is 4.90 Å². The van der Waals surface area contributed by atoms with E-state index in [0.29, 0.717) is 6.42 Å². The van der Waals surface area contributed by atoms with Crippen LogP contribution in [-0.2, 0) is 43.7 Å². The van der Waals surface area contributed by atoms with E-state index in [1.165, 1.54) is 6.92 Å². The molecule has 0 saturated carbocycles. The van der Waals surface area contributed by atoms with Crippen molar-refractivity contribution in [2.24, 2.45) is 5.73 Å². The van der Waals surface area contributed by atoms with Crippen LogP contribution in [0.1, 0.15) is 39.0 Å². The number of hydrogen-bond acceptors (Lipinski definition) is 9. The number of carbonyl (C=O) groups is 7. The molecule has 2 aliphatic heterocycles. The van der Waals surface area contributed by atoms with Crippen molar-refractivity contribution < 1.29 is 51.6 Å². The second-order valence-electron chi connectivity index (χ2n) is 8.96. The van der Waals surface area contributed by atoms with Crippen LogP contribution in [0.5, 0.6) is 0 Å². The fourth-order valence-electron chi connectivity index (χ4n) is 4.03. The van der Waals surface area contributed by atoms with E-state index >= 15 is 0 Å². The van der Waals surface area contributed by atoms with Crippen molar-refractivity contribution in [1.82, 2.24) is 26.2 Å². The highest BCUT2D eigenvalue weighted by Crippen LogP contribution is 2.19. The van der Waals surface area contributed by atoms with Gasteiger partial charge in [-0.3, -0.25) is 38.1 Å². The largest absolute Gasteiger partial charge is 0.480 e. The average Bonchev–Trinajstić information content (AvgIpc) is 3.45. The van der Waals surface area contributed by atoms with Crippen LogP contribution < -0.4 is 27.0 Å². The molecule has 18 heteroatoms. The third-order valence-electron chi connectivity index (χ3n) is 5.91. The molecule has 38 heavy (non-hydrogen) atoms. The molecular weight excluding hydrogens is 532 g/mol. The van der Waals surface area contributed by atoms with Crippen LogP contribution in [-0.4, -0.2) is 107 Å². The SMILES string of the molecule is CC(NC(=O)[C@@H]1CCCN1C(=O)[C@H](CS(=O)(=O)O)NC(=O)[C@H](CC(N)=O)NC(=O)[C@@H]1CCC(=O)N1)C(=O)O. The number of nitrogens with one attached hydrogen (secondary N) is 4. The number of carboxylic acids is 1. The first-order valence-corrected chi connectivity index (χ1v) is 13.2. The van der Waals surface area contributed by atoms with Crippen LogP contribution in [0.4, 0.5) is 0 Å².